The molecule has 3 aliphatic rings. The van der Waals surface area contributed by atoms with E-state index in [0.717, 1.165) is 38.8 Å². The van der Waals surface area contributed by atoms with Gasteiger partial charge in [-0.25, -0.2) is 9.59 Å². The Kier molecular flexibility index (Phi) is 6.97. The Morgan fingerprint density at radius 2 is 1.52 bits per heavy atom. The van der Waals surface area contributed by atoms with Crippen molar-refractivity contribution in [3.05, 3.63) is 70.8 Å². The molecule has 31 heavy (non-hydrogen) atoms. The fraction of sp³-hybridized carbons (Fsp3) is 0.417. The second-order valence-corrected chi connectivity index (χ2v) is 8.60. The topological polar surface area (TPSA) is 73.5 Å². The third-order valence-electron chi connectivity index (χ3n) is 6.13. The van der Waals surface area contributed by atoms with Gasteiger partial charge in [-0.05, 0) is 47.9 Å². The van der Waals surface area contributed by atoms with Crippen molar-refractivity contribution in [2.75, 3.05) is 25.5 Å². The molecule has 0 spiro atoms. The van der Waals surface area contributed by atoms with E-state index in [0.29, 0.717) is 18.5 Å². The lowest BCUT2D eigenvalue weighted by atomic mass is 10.1. The number of nitrogens with zero attached hydrogens (tertiary/aromatic N) is 1. The van der Waals surface area contributed by atoms with Crippen LogP contribution in [0.1, 0.15) is 22.3 Å². The van der Waals surface area contributed by atoms with Crippen LogP contribution in [0.5, 0.6) is 0 Å². The standard InChI is InChI=1S/C12H15ClN2O.C12H14N2O/c13-5-6-14-12(16)15-11-7-9-3-1-2-4-10(9)8-11;15-12-13-5-6-14(12)11-7-9-3-1-2-4-10(9)8-11/h1-4,11H,5-8H2,(H2,14,15,16);1-4,11H,5-8H2,(H,13,15). The molecular weight excluding hydrogens is 412 g/mol. The second-order valence-electron chi connectivity index (χ2n) is 8.22. The number of alkyl halides is 1. The molecule has 1 saturated heterocycles. The minimum absolute atomic E-state index is 0.104. The molecule has 3 N–H and O–H groups in total. The molecule has 5 rings (SSSR count). The Balaban J connectivity index is 0.000000149. The van der Waals surface area contributed by atoms with Gasteiger partial charge < -0.3 is 20.9 Å². The van der Waals surface area contributed by atoms with Gasteiger partial charge in [0.25, 0.3) is 0 Å². The summed E-state index contributed by atoms with van der Waals surface area (Å²) in [6, 6.07) is 17.4. The van der Waals surface area contributed by atoms with Crippen LogP contribution in [-0.2, 0) is 25.7 Å². The molecule has 1 fully saturated rings. The summed E-state index contributed by atoms with van der Waals surface area (Å²) >= 11 is 5.49. The first-order chi connectivity index (χ1) is 15.1. The van der Waals surface area contributed by atoms with E-state index >= 15 is 0 Å². The summed E-state index contributed by atoms with van der Waals surface area (Å²) in [6.45, 7) is 2.16. The molecule has 0 radical (unpaired) electrons. The average Bonchev–Trinajstić information content (AvgIpc) is 3.49. The summed E-state index contributed by atoms with van der Waals surface area (Å²) in [4.78, 5) is 24.9. The molecule has 0 aromatic heterocycles. The Labute approximate surface area is 188 Å². The minimum Gasteiger partial charge on any atom is -0.337 e. The van der Waals surface area contributed by atoms with Crippen molar-refractivity contribution in [2.45, 2.75) is 37.8 Å². The number of carbonyl (C=O) groups is 2. The molecular formula is C24H29ClN4O2. The normalized spacial score (nSPS) is 17.5. The number of hydrogen-bond acceptors (Lipinski definition) is 2. The zero-order valence-corrected chi connectivity index (χ0v) is 18.3. The highest BCUT2D eigenvalue weighted by atomic mass is 35.5. The number of benzene rings is 2. The van der Waals surface area contributed by atoms with Crippen LogP contribution in [0.3, 0.4) is 0 Å². The van der Waals surface area contributed by atoms with Gasteiger partial charge in [0.05, 0.1) is 0 Å². The molecule has 1 heterocycles. The zero-order chi connectivity index (χ0) is 21.6. The van der Waals surface area contributed by atoms with Gasteiger partial charge in [-0.3, -0.25) is 0 Å². The van der Waals surface area contributed by atoms with Crippen LogP contribution in [0, 0.1) is 0 Å². The SMILES string of the molecule is O=C(NCCCl)NC1Cc2ccccc2C1.O=C1NCCN1C1Cc2ccccc2C1. The molecule has 2 aromatic carbocycles. The van der Waals surface area contributed by atoms with Crippen molar-refractivity contribution >= 4 is 23.7 Å². The summed E-state index contributed by atoms with van der Waals surface area (Å²) in [6.07, 6.45) is 3.88. The summed E-state index contributed by atoms with van der Waals surface area (Å²) in [5, 5.41) is 8.52. The van der Waals surface area contributed by atoms with Gasteiger partial charge in [-0.15, -0.1) is 11.6 Å². The highest BCUT2D eigenvalue weighted by Gasteiger charge is 2.32. The molecule has 2 aromatic rings. The Hall–Kier alpha value is -2.73. The lowest BCUT2D eigenvalue weighted by Gasteiger charge is -2.21. The number of urea groups is 2. The molecule has 0 atom stereocenters. The van der Waals surface area contributed by atoms with Crippen LogP contribution in [0.15, 0.2) is 48.5 Å². The zero-order valence-electron chi connectivity index (χ0n) is 17.6. The highest BCUT2D eigenvalue weighted by Crippen LogP contribution is 2.26. The van der Waals surface area contributed by atoms with Gasteiger partial charge in [0.2, 0.25) is 0 Å². The van der Waals surface area contributed by atoms with Crippen molar-refractivity contribution in [1.82, 2.24) is 20.9 Å². The number of amides is 4. The fourth-order valence-electron chi connectivity index (χ4n) is 4.65. The highest BCUT2D eigenvalue weighted by molar-refractivity contribution is 6.18. The van der Waals surface area contributed by atoms with Gasteiger partial charge in [-0.2, -0.15) is 0 Å². The van der Waals surface area contributed by atoms with Crippen molar-refractivity contribution in [3.8, 4) is 0 Å². The summed E-state index contributed by atoms with van der Waals surface area (Å²) in [7, 11) is 0. The number of carbonyl (C=O) groups excluding carboxylic acids is 2. The Bertz CT molecular complexity index is 885. The van der Waals surface area contributed by atoms with E-state index in [1.54, 1.807) is 0 Å². The van der Waals surface area contributed by atoms with E-state index in [9.17, 15) is 9.59 Å². The van der Waals surface area contributed by atoms with Crippen molar-refractivity contribution in [2.24, 2.45) is 0 Å². The van der Waals surface area contributed by atoms with Crippen molar-refractivity contribution < 1.29 is 9.59 Å². The van der Waals surface area contributed by atoms with Gasteiger partial charge in [0, 0.05) is 37.6 Å². The number of rotatable bonds is 4. The molecule has 164 valence electrons. The molecule has 1 aliphatic heterocycles. The van der Waals surface area contributed by atoms with Gasteiger partial charge in [0.15, 0.2) is 0 Å². The second kappa shape index (κ2) is 10.1. The summed E-state index contributed by atoms with van der Waals surface area (Å²) in [5.41, 5.74) is 5.49. The van der Waals surface area contributed by atoms with Crippen LogP contribution in [0.2, 0.25) is 0 Å². The number of nitrogens with one attached hydrogen (secondary N) is 3. The Morgan fingerprint density at radius 3 is 2.00 bits per heavy atom. The lowest BCUT2D eigenvalue weighted by Crippen LogP contribution is -2.43. The first kappa shape index (κ1) is 21.5. The van der Waals surface area contributed by atoms with Gasteiger partial charge in [-0.1, -0.05) is 48.5 Å². The maximum absolute atomic E-state index is 11.5. The number of hydrogen-bond donors (Lipinski definition) is 3. The maximum Gasteiger partial charge on any atom is 0.317 e. The summed E-state index contributed by atoms with van der Waals surface area (Å²) < 4.78 is 0. The molecule has 4 amide bonds. The lowest BCUT2D eigenvalue weighted by molar-refractivity contribution is 0.200. The van der Waals surface area contributed by atoms with E-state index in [2.05, 4.69) is 52.3 Å². The monoisotopic (exact) mass is 440 g/mol. The van der Waals surface area contributed by atoms with E-state index < -0.39 is 0 Å². The maximum atomic E-state index is 11.5. The van der Waals surface area contributed by atoms with Gasteiger partial charge in [0.1, 0.15) is 0 Å². The predicted molar refractivity (Wildman–Crippen MR) is 123 cm³/mol. The van der Waals surface area contributed by atoms with Crippen LogP contribution >= 0.6 is 11.6 Å². The molecule has 2 aliphatic carbocycles. The van der Waals surface area contributed by atoms with E-state index in [1.165, 1.54) is 22.3 Å². The van der Waals surface area contributed by atoms with Crippen LogP contribution < -0.4 is 16.0 Å². The quantitative estimate of drug-likeness (QED) is 0.639. The van der Waals surface area contributed by atoms with E-state index in [4.69, 9.17) is 11.6 Å². The first-order valence-electron chi connectivity index (χ1n) is 10.9. The molecule has 6 nitrogen and oxygen atoms in total. The predicted octanol–water partition coefficient (Wildman–Crippen LogP) is 2.87. The van der Waals surface area contributed by atoms with Crippen molar-refractivity contribution in [1.29, 1.82) is 0 Å². The van der Waals surface area contributed by atoms with Crippen LogP contribution in [0.25, 0.3) is 0 Å². The third-order valence-corrected chi connectivity index (χ3v) is 6.32. The van der Waals surface area contributed by atoms with E-state index in [1.807, 2.05) is 17.0 Å². The van der Waals surface area contributed by atoms with Crippen LogP contribution in [0.4, 0.5) is 9.59 Å². The third kappa shape index (κ3) is 5.31. The van der Waals surface area contributed by atoms with Gasteiger partial charge >= 0.3 is 12.1 Å². The first-order valence-corrected chi connectivity index (χ1v) is 11.5. The number of fused-ring (bicyclic) bond motifs is 2. The molecule has 0 bridgehead atoms. The summed E-state index contributed by atoms with van der Waals surface area (Å²) in [5.74, 6) is 0.443. The largest absolute Gasteiger partial charge is 0.337 e. The van der Waals surface area contributed by atoms with Crippen molar-refractivity contribution in [3.63, 3.8) is 0 Å². The molecule has 7 heteroatoms. The Morgan fingerprint density at radius 1 is 0.968 bits per heavy atom. The average molecular weight is 441 g/mol. The van der Waals surface area contributed by atoms with Crippen LogP contribution in [-0.4, -0.2) is 54.6 Å². The fourth-order valence-corrected chi connectivity index (χ4v) is 4.74. The smallest absolute Gasteiger partial charge is 0.317 e. The minimum atomic E-state index is -0.126. The molecule has 0 unspecified atom stereocenters. The molecule has 0 saturated carbocycles. The number of halogens is 1. The van der Waals surface area contributed by atoms with E-state index in [-0.39, 0.29) is 18.1 Å².